The molecule has 1 aromatic heterocycles. The van der Waals surface area contributed by atoms with Crippen LogP contribution in [0.3, 0.4) is 0 Å². The van der Waals surface area contributed by atoms with Crippen LogP contribution in [0.5, 0.6) is 5.75 Å². The second-order valence-electron chi connectivity index (χ2n) is 9.88. The monoisotopic (exact) mass is 570 g/mol. The van der Waals surface area contributed by atoms with Gasteiger partial charge in [0.15, 0.2) is 0 Å². The van der Waals surface area contributed by atoms with Gasteiger partial charge in [-0.05, 0) is 43.7 Å². The average molecular weight is 571 g/mol. The molecule has 0 bridgehead atoms. The van der Waals surface area contributed by atoms with Crippen molar-refractivity contribution in [3.05, 3.63) is 54.0 Å². The predicted molar refractivity (Wildman–Crippen MR) is 140 cm³/mol. The number of furan rings is 1. The number of nitrogens with zero attached hydrogens (tertiary/aromatic N) is 4. The molecule has 4 N–H and O–H groups in total. The van der Waals surface area contributed by atoms with Gasteiger partial charge in [0.1, 0.15) is 35.0 Å². The first-order chi connectivity index (χ1) is 19.0. The van der Waals surface area contributed by atoms with E-state index in [4.69, 9.17) is 4.42 Å². The molecule has 210 valence electrons. The number of phenols is 1. The number of imide groups is 1. The third-order valence-corrected chi connectivity index (χ3v) is 8.40. The van der Waals surface area contributed by atoms with Crippen LogP contribution in [-0.4, -0.2) is 96.4 Å². The normalized spacial score (nSPS) is 24.1. The molecular formula is C25H26N6O8S. The zero-order valence-corrected chi connectivity index (χ0v) is 22.2. The summed E-state index contributed by atoms with van der Waals surface area (Å²) in [6.07, 6.45) is 2.79. The number of carbonyl (C=O) groups excluding carboxylic acids is 4. The van der Waals surface area contributed by atoms with Crippen LogP contribution in [0.2, 0.25) is 0 Å². The molecule has 1 aromatic carbocycles. The van der Waals surface area contributed by atoms with E-state index in [-0.39, 0.29) is 24.4 Å². The van der Waals surface area contributed by atoms with Crippen LogP contribution in [0.1, 0.15) is 31.2 Å². The quantitative estimate of drug-likeness (QED) is 0.280. The van der Waals surface area contributed by atoms with E-state index >= 15 is 0 Å². The van der Waals surface area contributed by atoms with E-state index in [2.05, 4.69) is 15.7 Å². The van der Waals surface area contributed by atoms with Gasteiger partial charge in [-0.1, -0.05) is 12.1 Å². The minimum atomic E-state index is -1.34. The fourth-order valence-corrected chi connectivity index (χ4v) is 6.49. The Hall–Kier alpha value is -4.53. The van der Waals surface area contributed by atoms with E-state index in [1.54, 1.807) is 26.0 Å². The first kappa shape index (κ1) is 27.1. The van der Waals surface area contributed by atoms with Gasteiger partial charge in [-0.25, -0.2) is 24.3 Å². The van der Waals surface area contributed by atoms with E-state index in [1.807, 2.05) is 0 Å². The molecule has 2 aromatic rings. The summed E-state index contributed by atoms with van der Waals surface area (Å²) in [5.74, 6) is -2.07. The number of thioether (sulfide) groups is 1. The van der Waals surface area contributed by atoms with Gasteiger partial charge in [-0.3, -0.25) is 9.59 Å². The van der Waals surface area contributed by atoms with E-state index in [0.717, 1.165) is 9.91 Å². The minimum absolute atomic E-state index is 0.00449. The first-order valence-electron chi connectivity index (χ1n) is 12.3. The Labute approximate surface area is 232 Å². The molecule has 3 saturated heterocycles. The molecule has 0 saturated carbocycles. The topological polar surface area (TPSA) is 185 Å². The number of benzene rings is 1. The molecule has 4 atom stereocenters. The van der Waals surface area contributed by atoms with Crippen molar-refractivity contribution in [3.63, 3.8) is 0 Å². The van der Waals surface area contributed by atoms with Gasteiger partial charge in [0.25, 0.3) is 0 Å². The number of aromatic hydroxyl groups is 1. The summed E-state index contributed by atoms with van der Waals surface area (Å²) >= 11 is 1.27. The molecule has 15 heteroatoms. The lowest BCUT2D eigenvalue weighted by Gasteiger charge is -2.44. The van der Waals surface area contributed by atoms with Crippen molar-refractivity contribution in [2.24, 2.45) is 5.10 Å². The number of carbonyl (C=O) groups is 5. The number of phenolic OH excluding ortho intramolecular Hbond substituents is 1. The number of hydrogen-bond donors (Lipinski definition) is 4. The highest BCUT2D eigenvalue weighted by atomic mass is 32.2. The molecule has 1 unspecified atom stereocenters. The molecule has 3 aliphatic heterocycles. The van der Waals surface area contributed by atoms with Gasteiger partial charge in [0.2, 0.25) is 11.8 Å². The van der Waals surface area contributed by atoms with Crippen molar-refractivity contribution in [1.82, 2.24) is 25.4 Å². The van der Waals surface area contributed by atoms with Crippen LogP contribution in [0, 0.1) is 0 Å². The summed E-state index contributed by atoms with van der Waals surface area (Å²) in [6, 6.07) is 3.86. The first-order valence-corrected chi connectivity index (χ1v) is 13.1. The molecule has 40 heavy (non-hydrogen) atoms. The third kappa shape index (κ3) is 4.83. The fraction of sp³-hybridized carbons (Fsp3) is 0.360. The summed E-state index contributed by atoms with van der Waals surface area (Å²) in [5.41, 5.74) is 0.287. The van der Waals surface area contributed by atoms with Gasteiger partial charge in [0, 0.05) is 4.75 Å². The van der Waals surface area contributed by atoms with Crippen LogP contribution in [0.15, 0.2) is 52.2 Å². The lowest BCUT2D eigenvalue weighted by molar-refractivity contribution is -0.161. The number of hydrazone groups is 1. The molecular weight excluding hydrogens is 544 g/mol. The Morgan fingerprint density at radius 2 is 1.90 bits per heavy atom. The SMILES string of the molecule is CC1(C)S[C@@H]2[C@H](NC(=O)C(NC(=O)N3CCN(/N=C/c4ccco4)C3=O)c3ccc(O)cc3)C(=O)N2[C@H]1C(=O)O. The van der Waals surface area contributed by atoms with Gasteiger partial charge in [0.05, 0.1) is 25.6 Å². The molecule has 0 aliphatic carbocycles. The van der Waals surface area contributed by atoms with Crippen molar-refractivity contribution in [2.45, 2.75) is 42.1 Å². The lowest BCUT2D eigenvalue weighted by Crippen LogP contribution is -2.71. The Morgan fingerprint density at radius 1 is 1.18 bits per heavy atom. The molecule has 0 spiro atoms. The number of β-lactam (4-membered cyclic amide) rings is 1. The lowest BCUT2D eigenvalue weighted by atomic mass is 9.95. The number of nitrogens with one attached hydrogen (secondary N) is 2. The fourth-order valence-electron chi connectivity index (χ4n) is 4.86. The summed E-state index contributed by atoms with van der Waals surface area (Å²) in [4.78, 5) is 66.2. The Balaban J connectivity index is 1.30. The van der Waals surface area contributed by atoms with E-state index in [0.29, 0.717) is 5.76 Å². The molecule has 0 radical (unpaired) electrons. The van der Waals surface area contributed by atoms with Crippen molar-refractivity contribution < 1.29 is 38.6 Å². The van der Waals surface area contributed by atoms with Crippen molar-refractivity contribution in [3.8, 4) is 5.75 Å². The van der Waals surface area contributed by atoms with Crippen LogP contribution >= 0.6 is 11.8 Å². The van der Waals surface area contributed by atoms with Gasteiger partial charge in [-0.2, -0.15) is 5.10 Å². The second kappa shape index (κ2) is 10.2. The van der Waals surface area contributed by atoms with Crippen molar-refractivity contribution >= 4 is 47.8 Å². The summed E-state index contributed by atoms with van der Waals surface area (Å²) in [5, 5.41) is 29.0. The predicted octanol–water partition coefficient (Wildman–Crippen LogP) is 1.14. The summed E-state index contributed by atoms with van der Waals surface area (Å²) in [6.45, 7) is 3.56. The number of hydrogen-bond acceptors (Lipinski definition) is 9. The highest BCUT2D eigenvalue weighted by molar-refractivity contribution is 8.01. The number of aliphatic carboxylic acids is 1. The van der Waals surface area contributed by atoms with Crippen LogP contribution in [0.25, 0.3) is 0 Å². The zero-order valence-electron chi connectivity index (χ0n) is 21.4. The summed E-state index contributed by atoms with van der Waals surface area (Å²) < 4.78 is 4.37. The Bertz CT molecular complexity index is 1380. The number of amides is 6. The van der Waals surface area contributed by atoms with E-state index in [9.17, 15) is 34.2 Å². The second-order valence-corrected chi connectivity index (χ2v) is 11.6. The zero-order chi connectivity index (χ0) is 28.8. The van der Waals surface area contributed by atoms with Crippen LogP contribution < -0.4 is 10.6 Å². The number of fused-ring (bicyclic) bond motifs is 1. The van der Waals surface area contributed by atoms with Crippen molar-refractivity contribution in [2.75, 3.05) is 13.1 Å². The van der Waals surface area contributed by atoms with Gasteiger partial charge in [-0.15, -0.1) is 11.8 Å². The molecule has 4 heterocycles. The standard InChI is InChI=1S/C25H26N6O8S/c1-25(2)18(22(35)36)31-20(34)17(21(31)40-25)27-19(33)16(13-5-7-14(32)8-6-13)28-23(37)29-9-10-30(24(29)38)26-12-15-4-3-11-39-15/h3-8,11-12,16-18,21,32H,9-10H2,1-2H3,(H,27,33)(H,28,37)(H,35,36)/b26-12+/t16?,17-,18+,21-/m1/s1. The van der Waals surface area contributed by atoms with Crippen LogP contribution in [0.4, 0.5) is 9.59 Å². The smallest absolute Gasteiger partial charge is 0.348 e. The Morgan fingerprint density at radius 3 is 2.55 bits per heavy atom. The minimum Gasteiger partial charge on any atom is -0.508 e. The van der Waals surface area contributed by atoms with Crippen molar-refractivity contribution in [1.29, 1.82) is 0 Å². The molecule has 3 fully saturated rings. The Kier molecular flexibility index (Phi) is 6.91. The molecule has 5 rings (SSSR count). The van der Waals surface area contributed by atoms with Crippen LogP contribution in [-0.2, 0) is 14.4 Å². The summed E-state index contributed by atoms with van der Waals surface area (Å²) in [7, 11) is 0. The van der Waals surface area contributed by atoms with Gasteiger partial charge >= 0.3 is 18.0 Å². The maximum Gasteiger partial charge on any atom is 0.348 e. The van der Waals surface area contributed by atoms with Gasteiger partial charge < -0.3 is 30.2 Å². The molecule has 3 aliphatic rings. The number of rotatable bonds is 7. The highest BCUT2D eigenvalue weighted by Crippen LogP contribution is 2.50. The number of urea groups is 2. The van der Waals surface area contributed by atoms with E-state index < -0.39 is 58.1 Å². The maximum atomic E-state index is 13.4. The largest absolute Gasteiger partial charge is 0.508 e. The average Bonchev–Trinajstić information content (AvgIpc) is 3.61. The van der Waals surface area contributed by atoms with E-state index in [1.165, 1.54) is 53.4 Å². The number of carboxylic acids is 1. The third-order valence-electron chi connectivity index (χ3n) is 6.83. The highest BCUT2D eigenvalue weighted by Gasteiger charge is 2.64. The molecule has 14 nitrogen and oxygen atoms in total. The molecule has 6 amide bonds. The number of carboxylic acid groups (broad SMARTS) is 1. The maximum absolute atomic E-state index is 13.4.